The van der Waals surface area contributed by atoms with Crippen molar-refractivity contribution in [3.05, 3.63) is 41.8 Å². The fraction of sp³-hybridized carbons (Fsp3) is 0.316. The summed E-state index contributed by atoms with van der Waals surface area (Å²) >= 11 is 1.46. The molecule has 0 aliphatic heterocycles. The number of carbonyl (C=O) groups excluding carboxylic acids is 2. The van der Waals surface area contributed by atoms with E-state index >= 15 is 0 Å². The largest absolute Gasteiger partial charge is 0.466 e. The Labute approximate surface area is 151 Å². The lowest BCUT2D eigenvalue weighted by molar-refractivity contribution is -0.141. The first-order valence-electron chi connectivity index (χ1n) is 8.14. The van der Waals surface area contributed by atoms with E-state index in [1.165, 1.54) is 11.3 Å². The molecule has 0 amide bonds. The molecule has 0 saturated heterocycles. The van der Waals surface area contributed by atoms with Crippen LogP contribution in [0, 0.1) is 0 Å². The average Bonchev–Trinajstić information content (AvgIpc) is 3.04. The van der Waals surface area contributed by atoms with Gasteiger partial charge in [0.25, 0.3) is 0 Å². The van der Waals surface area contributed by atoms with E-state index in [1.807, 2.05) is 41.8 Å². The van der Waals surface area contributed by atoms with Gasteiger partial charge in [-0.2, -0.15) is 0 Å². The fourth-order valence-electron chi connectivity index (χ4n) is 2.22. The third-order valence-corrected chi connectivity index (χ3v) is 4.09. The van der Waals surface area contributed by atoms with Crippen LogP contribution in [0.4, 0.5) is 5.00 Å². The predicted octanol–water partition coefficient (Wildman–Crippen LogP) is 4.39. The Hall–Kier alpha value is -2.47. The summed E-state index contributed by atoms with van der Waals surface area (Å²) in [5, 5.41) is 2.74. The minimum Gasteiger partial charge on any atom is -0.466 e. The van der Waals surface area contributed by atoms with E-state index in [4.69, 9.17) is 9.47 Å². The molecule has 25 heavy (non-hydrogen) atoms. The van der Waals surface area contributed by atoms with Gasteiger partial charge in [-0.15, -0.1) is 11.3 Å². The van der Waals surface area contributed by atoms with Crippen molar-refractivity contribution in [1.29, 1.82) is 0 Å². The Balaban J connectivity index is 2.18. The van der Waals surface area contributed by atoms with E-state index < -0.39 is 11.9 Å². The SMILES string of the molecule is CCOC(=O)CC(CC(=O)OCC)=Nc1cc(-c2ccccc2)cs1. The van der Waals surface area contributed by atoms with Gasteiger partial charge >= 0.3 is 11.9 Å². The Morgan fingerprint density at radius 2 is 1.56 bits per heavy atom. The molecule has 0 saturated carbocycles. The van der Waals surface area contributed by atoms with Crippen molar-refractivity contribution in [2.45, 2.75) is 26.7 Å². The summed E-state index contributed by atoms with van der Waals surface area (Å²) in [5.74, 6) is -0.796. The van der Waals surface area contributed by atoms with Crippen LogP contribution in [-0.4, -0.2) is 30.9 Å². The molecular weight excluding hydrogens is 338 g/mol. The molecule has 0 bridgehead atoms. The standard InChI is InChI=1S/C19H21NO4S/c1-3-23-18(21)11-16(12-19(22)24-4-2)20-17-10-15(13-25-17)14-8-6-5-7-9-14/h5-10,13H,3-4,11-12H2,1-2H3. The lowest BCUT2D eigenvalue weighted by Crippen LogP contribution is -2.16. The molecule has 0 N–H and O–H groups in total. The summed E-state index contributed by atoms with van der Waals surface area (Å²) < 4.78 is 9.92. The second-order valence-electron chi connectivity index (χ2n) is 5.18. The van der Waals surface area contributed by atoms with Crippen molar-refractivity contribution >= 4 is 34.0 Å². The number of esters is 2. The van der Waals surface area contributed by atoms with Crippen LogP contribution < -0.4 is 0 Å². The number of benzene rings is 1. The highest BCUT2D eigenvalue weighted by molar-refractivity contribution is 7.14. The van der Waals surface area contributed by atoms with E-state index in [0.29, 0.717) is 18.9 Å². The van der Waals surface area contributed by atoms with Crippen LogP contribution in [-0.2, 0) is 19.1 Å². The molecule has 132 valence electrons. The highest BCUT2D eigenvalue weighted by atomic mass is 32.1. The smallest absolute Gasteiger partial charge is 0.311 e. The zero-order chi connectivity index (χ0) is 18.1. The Bertz CT molecular complexity index is 715. The maximum atomic E-state index is 11.8. The van der Waals surface area contributed by atoms with Crippen molar-refractivity contribution < 1.29 is 19.1 Å². The molecule has 1 aromatic carbocycles. The molecule has 0 unspecified atom stereocenters. The van der Waals surface area contributed by atoms with Gasteiger partial charge in [-0.1, -0.05) is 30.3 Å². The number of thiophene rings is 1. The summed E-state index contributed by atoms with van der Waals surface area (Å²) in [6.45, 7) is 4.07. The van der Waals surface area contributed by atoms with Crippen molar-refractivity contribution in [2.24, 2.45) is 4.99 Å². The summed E-state index contributed by atoms with van der Waals surface area (Å²) in [6.07, 6.45) is -0.0452. The number of hydrogen-bond donors (Lipinski definition) is 0. The zero-order valence-electron chi connectivity index (χ0n) is 14.4. The molecule has 2 rings (SSSR count). The van der Waals surface area contributed by atoms with Crippen LogP contribution in [0.25, 0.3) is 11.1 Å². The van der Waals surface area contributed by atoms with Crippen molar-refractivity contribution in [3.63, 3.8) is 0 Å². The first kappa shape index (κ1) is 18.9. The molecule has 1 aromatic heterocycles. The number of carbonyl (C=O) groups is 2. The summed E-state index contributed by atoms with van der Waals surface area (Å²) in [4.78, 5) is 28.0. The van der Waals surface area contributed by atoms with Crippen LogP contribution in [0.5, 0.6) is 0 Å². The molecule has 0 aliphatic rings. The fourth-order valence-corrected chi connectivity index (χ4v) is 3.05. The number of aliphatic imine (C=N–C) groups is 1. The normalized spacial score (nSPS) is 10.2. The van der Waals surface area contributed by atoms with E-state index in [9.17, 15) is 9.59 Å². The van der Waals surface area contributed by atoms with E-state index in [2.05, 4.69) is 4.99 Å². The van der Waals surface area contributed by atoms with Crippen LogP contribution in [0.1, 0.15) is 26.7 Å². The van der Waals surface area contributed by atoms with Crippen molar-refractivity contribution in [3.8, 4) is 11.1 Å². The maximum absolute atomic E-state index is 11.8. The van der Waals surface area contributed by atoms with Crippen molar-refractivity contribution in [1.82, 2.24) is 0 Å². The van der Waals surface area contributed by atoms with Crippen LogP contribution in [0.15, 0.2) is 46.8 Å². The number of nitrogens with zero attached hydrogens (tertiary/aromatic N) is 1. The minimum absolute atomic E-state index is 0.0226. The van der Waals surface area contributed by atoms with Gasteiger partial charge in [0.05, 0.1) is 26.1 Å². The summed E-state index contributed by atoms with van der Waals surface area (Å²) in [7, 11) is 0. The van der Waals surface area contributed by atoms with Gasteiger partial charge in [-0.3, -0.25) is 9.59 Å². The van der Waals surface area contributed by atoms with Gasteiger partial charge in [0.1, 0.15) is 5.00 Å². The lowest BCUT2D eigenvalue weighted by Gasteiger charge is -2.06. The molecule has 0 radical (unpaired) electrons. The van der Waals surface area contributed by atoms with Crippen LogP contribution in [0.2, 0.25) is 0 Å². The predicted molar refractivity (Wildman–Crippen MR) is 99.4 cm³/mol. The Morgan fingerprint density at radius 1 is 0.960 bits per heavy atom. The third kappa shape index (κ3) is 6.15. The maximum Gasteiger partial charge on any atom is 0.311 e. The van der Waals surface area contributed by atoms with Crippen LogP contribution >= 0.6 is 11.3 Å². The summed E-state index contributed by atoms with van der Waals surface area (Å²) in [6, 6.07) is 11.9. The van der Waals surface area contributed by atoms with Gasteiger partial charge < -0.3 is 9.47 Å². The van der Waals surface area contributed by atoms with Gasteiger partial charge in [-0.05, 0) is 31.0 Å². The molecular formula is C19H21NO4S. The second kappa shape index (κ2) is 9.74. The topological polar surface area (TPSA) is 65.0 Å². The molecule has 1 heterocycles. The van der Waals surface area contributed by atoms with E-state index in [0.717, 1.165) is 16.1 Å². The molecule has 5 nitrogen and oxygen atoms in total. The molecule has 0 fully saturated rings. The molecule has 2 aromatic rings. The van der Waals surface area contributed by atoms with Gasteiger partial charge in [0, 0.05) is 11.1 Å². The minimum atomic E-state index is -0.398. The number of hydrogen-bond acceptors (Lipinski definition) is 6. The number of ether oxygens (including phenoxy) is 2. The first-order chi connectivity index (χ1) is 12.1. The highest BCUT2D eigenvalue weighted by Gasteiger charge is 2.14. The van der Waals surface area contributed by atoms with Crippen LogP contribution in [0.3, 0.4) is 0 Å². The number of rotatable bonds is 8. The van der Waals surface area contributed by atoms with E-state index in [1.54, 1.807) is 13.8 Å². The van der Waals surface area contributed by atoms with E-state index in [-0.39, 0.29) is 12.8 Å². The van der Waals surface area contributed by atoms with Gasteiger partial charge in [0.2, 0.25) is 0 Å². The summed E-state index contributed by atoms with van der Waals surface area (Å²) in [5.41, 5.74) is 2.59. The molecule has 0 spiro atoms. The first-order valence-corrected chi connectivity index (χ1v) is 9.02. The third-order valence-electron chi connectivity index (χ3n) is 3.27. The average molecular weight is 359 g/mol. The molecule has 0 atom stereocenters. The highest BCUT2D eigenvalue weighted by Crippen LogP contribution is 2.31. The zero-order valence-corrected chi connectivity index (χ0v) is 15.2. The molecule has 6 heteroatoms. The van der Waals surface area contributed by atoms with Gasteiger partial charge in [-0.25, -0.2) is 4.99 Å². The Kier molecular flexibility index (Phi) is 7.35. The quantitative estimate of drug-likeness (QED) is 0.518. The molecule has 0 aliphatic carbocycles. The monoisotopic (exact) mass is 359 g/mol. The lowest BCUT2D eigenvalue weighted by atomic mass is 10.1. The van der Waals surface area contributed by atoms with Gasteiger partial charge in [0.15, 0.2) is 0 Å². The second-order valence-corrected chi connectivity index (χ2v) is 6.07. The van der Waals surface area contributed by atoms with Crippen molar-refractivity contribution in [2.75, 3.05) is 13.2 Å². The Morgan fingerprint density at radius 3 is 2.12 bits per heavy atom.